The molecule has 5 saturated heterocycles. The van der Waals surface area contributed by atoms with E-state index in [4.69, 9.17) is 26.3 Å². The Hall–Kier alpha value is -3.20. The fourth-order valence-electron chi connectivity index (χ4n) is 8.07. The maximum Gasteiger partial charge on any atom is 0.319 e. The number of phenols is 1. The van der Waals surface area contributed by atoms with Crippen LogP contribution < -0.4 is 15.0 Å². The van der Waals surface area contributed by atoms with Crippen molar-refractivity contribution >= 4 is 39.1 Å². The lowest BCUT2D eigenvalue weighted by Gasteiger charge is -2.46. The molecule has 9 heteroatoms. The summed E-state index contributed by atoms with van der Waals surface area (Å²) in [5.74, 6) is 1.09. The molecule has 4 aromatic rings. The highest BCUT2D eigenvalue weighted by molar-refractivity contribution is 6.36. The number of aromatic nitrogens is 2. The molecule has 42 heavy (non-hydrogen) atoms. The number of nitrogens with one attached hydrogen (secondary N) is 1. The summed E-state index contributed by atoms with van der Waals surface area (Å²) in [4.78, 5) is 14.7. The van der Waals surface area contributed by atoms with Crippen LogP contribution in [0, 0.1) is 6.92 Å². The molecule has 0 spiro atoms. The van der Waals surface area contributed by atoms with E-state index in [-0.39, 0.29) is 11.3 Å². The second kappa shape index (κ2) is 9.93. The van der Waals surface area contributed by atoms with Crippen LogP contribution in [0.25, 0.3) is 32.8 Å². The van der Waals surface area contributed by atoms with Gasteiger partial charge in [-0.3, -0.25) is 4.90 Å². The Morgan fingerprint density at radius 3 is 2.86 bits per heavy atom. The molecule has 218 valence electrons. The maximum absolute atomic E-state index is 14.5. The second-order valence-electron chi connectivity index (χ2n) is 12.6. The number of rotatable bonds is 5. The van der Waals surface area contributed by atoms with E-state index in [1.165, 1.54) is 6.42 Å². The zero-order valence-electron chi connectivity index (χ0n) is 23.7. The predicted molar refractivity (Wildman–Crippen MR) is 165 cm³/mol. The molecule has 0 aliphatic carbocycles. The van der Waals surface area contributed by atoms with E-state index in [0.29, 0.717) is 42.7 Å². The smallest absolute Gasteiger partial charge is 0.319 e. The quantitative estimate of drug-likeness (QED) is 0.296. The normalized spacial score (nSPS) is 27.3. The summed E-state index contributed by atoms with van der Waals surface area (Å²) < 4.78 is 20.9. The van der Waals surface area contributed by atoms with E-state index in [1.807, 2.05) is 18.2 Å². The Bertz CT molecular complexity index is 1710. The first-order valence-corrected chi connectivity index (χ1v) is 15.5. The number of benzene rings is 3. The van der Waals surface area contributed by atoms with Crippen molar-refractivity contribution in [3.05, 3.63) is 53.1 Å². The minimum absolute atomic E-state index is 0.187. The first-order valence-electron chi connectivity index (χ1n) is 15.1. The summed E-state index contributed by atoms with van der Waals surface area (Å²) in [5.41, 5.74) is 3.32. The molecule has 2 N–H and O–H groups in total. The SMILES string of the molecule is Cc1c(-c2cc(O)cc3cccc(Cl)c23)ccc2c(N3C[C@@H]4CCC3CN4)nc(OC[C@@]34CCCN3C[C@H](F)C4)nc12. The fourth-order valence-corrected chi connectivity index (χ4v) is 8.35. The van der Waals surface area contributed by atoms with E-state index in [1.54, 1.807) is 12.1 Å². The number of aromatic hydroxyl groups is 1. The van der Waals surface area contributed by atoms with Gasteiger partial charge >= 0.3 is 6.01 Å². The van der Waals surface area contributed by atoms with Gasteiger partial charge in [0.05, 0.1) is 11.1 Å². The molecule has 0 saturated carbocycles. The van der Waals surface area contributed by atoms with Gasteiger partial charge in [-0.15, -0.1) is 0 Å². The number of anilines is 1. The van der Waals surface area contributed by atoms with E-state index >= 15 is 0 Å². The van der Waals surface area contributed by atoms with Crippen LogP contribution in [-0.4, -0.2) is 76.6 Å². The van der Waals surface area contributed by atoms with Crippen LogP contribution in [0.3, 0.4) is 0 Å². The zero-order valence-corrected chi connectivity index (χ0v) is 24.5. The van der Waals surface area contributed by atoms with Gasteiger partial charge in [0.1, 0.15) is 24.3 Å². The molecule has 3 aromatic carbocycles. The van der Waals surface area contributed by atoms with Crippen molar-refractivity contribution in [1.82, 2.24) is 20.2 Å². The Kier molecular flexibility index (Phi) is 6.25. The number of fused-ring (bicyclic) bond motifs is 6. The van der Waals surface area contributed by atoms with Gasteiger partial charge in [-0.2, -0.15) is 9.97 Å². The van der Waals surface area contributed by atoms with Crippen LogP contribution in [-0.2, 0) is 0 Å². The van der Waals surface area contributed by atoms with E-state index < -0.39 is 6.17 Å². The molecule has 2 bridgehead atoms. The highest BCUT2D eigenvalue weighted by Crippen LogP contribution is 2.43. The van der Waals surface area contributed by atoms with Gasteiger partial charge in [0.15, 0.2) is 0 Å². The molecule has 0 amide bonds. The molecule has 6 heterocycles. The average molecular weight is 588 g/mol. The van der Waals surface area contributed by atoms with Crippen LogP contribution in [0.15, 0.2) is 42.5 Å². The third kappa shape index (κ3) is 4.21. The summed E-state index contributed by atoms with van der Waals surface area (Å²) in [6.07, 6.45) is 3.98. The highest BCUT2D eigenvalue weighted by Gasteiger charge is 2.49. The van der Waals surface area contributed by atoms with Gasteiger partial charge in [-0.05, 0) is 85.5 Å². The Labute approximate surface area is 249 Å². The second-order valence-corrected chi connectivity index (χ2v) is 13.1. The van der Waals surface area contributed by atoms with Crippen LogP contribution in [0.5, 0.6) is 11.8 Å². The average Bonchev–Trinajstić information content (AvgIpc) is 3.52. The van der Waals surface area contributed by atoms with Crippen molar-refractivity contribution in [1.29, 1.82) is 0 Å². The zero-order chi connectivity index (χ0) is 28.6. The van der Waals surface area contributed by atoms with Gasteiger partial charge in [0.25, 0.3) is 0 Å². The van der Waals surface area contributed by atoms with Gasteiger partial charge in [-0.1, -0.05) is 29.8 Å². The Morgan fingerprint density at radius 2 is 2.05 bits per heavy atom. The van der Waals surface area contributed by atoms with Crippen LogP contribution in [0.2, 0.25) is 5.02 Å². The molecule has 9 rings (SSSR count). The lowest BCUT2D eigenvalue weighted by Crippen LogP contribution is -2.61. The topological polar surface area (TPSA) is 73.8 Å². The molecular weight excluding hydrogens is 553 g/mol. The molecule has 7 nitrogen and oxygen atoms in total. The number of phenolic OH excluding ortho intramolecular Hbond substituents is 1. The number of hydrogen-bond donors (Lipinski definition) is 2. The van der Waals surface area contributed by atoms with Gasteiger partial charge in [0.2, 0.25) is 0 Å². The van der Waals surface area contributed by atoms with Crippen molar-refractivity contribution < 1.29 is 14.2 Å². The number of piperidine rings is 2. The number of halogens is 2. The monoisotopic (exact) mass is 587 g/mol. The highest BCUT2D eigenvalue weighted by atomic mass is 35.5. The van der Waals surface area contributed by atoms with Crippen molar-refractivity contribution in [3.63, 3.8) is 0 Å². The predicted octanol–water partition coefficient (Wildman–Crippen LogP) is 6.01. The Morgan fingerprint density at radius 1 is 1.14 bits per heavy atom. The molecule has 1 unspecified atom stereocenters. The molecular formula is C33H35ClFN5O2. The Balaban J connectivity index is 1.27. The lowest BCUT2D eigenvalue weighted by atomic mass is 9.91. The van der Waals surface area contributed by atoms with Gasteiger partial charge in [-0.25, -0.2) is 4.39 Å². The minimum Gasteiger partial charge on any atom is -0.508 e. The van der Waals surface area contributed by atoms with Crippen LogP contribution in [0.4, 0.5) is 10.2 Å². The summed E-state index contributed by atoms with van der Waals surface area (Å²) in [7, 11) is 0. The summed E-state index contributed by atoms with van der Waals surface area (Å²) in [6.45, 7) is 5.69. The lowest BCUT2D eigenvalue weighted by molar-refractivity contribution is 0.107. The van der Waals surface area contributed by atoms with Crippen molar-refractivity contribution in [2.75, 3.05) is 37.7 Å². The van der Waals surface area contributed by atoms with Gasteiger partial charge < -0.3 is 20.1 Å². The van der Waals surface area contributed by atoms with Crippen LogP contribution >= 0.6 is 11.6 Å². The number of aryl methyl sites for hydroxylation is 1. The molecule has 1 aromatic heterocycles. The standard InChI is InChI=1S/C33H35ClFN5O2/c1-19-25(27-13-24(41)12-20-4-2-5-28(34)29(20)27)8-9-26-30(19)37-32(38-31(26)40-17-22-6-7-23(40)15-36-22)42-18-33-10-3-11-39(33)16-21(35)14-33/h2,4-5,8-9,12-13,21-23,36,41H,3,6-7,10-11,14-18H2,1H3/t21-,22+,23?,33+/m1/s1. The van der Waals surface area contributed by atoms with Crippen molar-refractivity contribution in [3.8, 4) is 22.9 Å². The van der Waals surface area contributed by atoms with E-state index in [0.717, 1.165) is 83.1 Å². The van der Waals surface area contributed by atoms with E-state index in [9.17, 15) is 9.50 Å². The van der Waals surface area contributed by atoms with Crippen molar-refractivity contribution in [2.24, 2.45) is 0 Å². The van der Waals surface area contributed by atoms with Crippen LogP contribution in [0.1, 0.15) is 37.7 Å². The number of hydrogen-bond acceptors (Lipinski definition) is 7. The largest absolute Gasteiger partial charge is 0.508 e. The molecule has 5 fully saturated rings. The third-order valence-electron chi connectivity index (χ3n) is 10.1. The van der Waals surface area contributed by atoms with Crippen molar-refractivity contribution in [2.45, 2.75) is 62.8 Å². The van der Waals surface area contributed by atoms with E-state index in [2.05, 4.69) is 34.2 Å². The number of nitrogens with zero attached hydrogens (tertiary/aromatic N) is 4. The minimum atomic E-state index is -0.813. The molecule has 4 atom stereocenters. The molecule has 5 aliphatic rings. The molecule has 5 aliphatic heterocycles. The first kappa shape index (κ1) is 26.4. The number of ether oxygens (including phenoxy) is 1. The molecule has 0 radical (unpaired) electrons. The first-order chi connectivity index (χ1) is 20.4. The fraction of sp³-hybridized carbons (Fsp3) is 0.455. The van der Waals surface area contributed by atoms with Gasteiger partial charge in [0, 0.05) is 53.9 Å². The number of piperazine rings is 1. The third-order valence-corrected chi connectivity index (χ3v) is 10.4. The summed E-state index contributed by atoms with van der Waals surface area (Å²) in [5, 5.41) is 17.7. The summed E-state index contributed by atoms with van der Waals surface area (Å²) >= 11 is 6.71. The summed E-state index contributed by atoms with van der Waals surface area (Å²) in [6, 6.07) is 14.6. The maximum atomic E-state index is 14.5. The number of alkyl halides is 1.